The number of hydrogen-bond donors (Lipinski definition) is 1. The zero-order chi connectivity index (χ0) is 13.6. The van der Waals surface area contributed by atoms with Crippen molar-refractivity contribution in [3.05, 3.63) is 12.2 Å². The predicted octanol–water partition coefficient (Wildman–Crippen LogP) is 2.45. The van der Waals surface area contributed by atoms with E-state index in [0.717, 1.165) is 25.7 Å². The van der Waals surface area contributed by atoms with Gasteiger partial charge in [-0.3, -0.25) is 9.59 Å². The molecule has 1 N–H and O–H groups in total. The van der Waals surface area contributed by atoms with Gasteiger partial charge in [0.05, 0.1) is 0 Å². The van der Waals surface area contributed by atoms with Gasteiger partial charge in [-0.25, -0.2) is 0 Å². The average Bonchev–Trinajstić information content (AvgIpc) is 2.29. The average molecular weight is 253 g/mol. The van der Waals surface area contributed by atoms with E-state index in [-0.39, 0.29) is 17.7 Å². The summed E-state index contributed by atoms with van der Waals surface area (Å²) in [6.45, 7) is 0. The monoisotopic (exact) mass is 253 g/mol. The van der Waals surface area contributed by atoms with Gasteiger partial charge in [0.25, 0.3) is 0 Å². The molecular formula is C14H23NO3. The van der Waals surface area contributed by atoms with Gasteiger partial charge in [-0.15, -0.1) is 0 Å². The molecule has 4 heteroatoms. The van der Waals surface area contributed by atoms with Crippen molar-refractivity contribution >= 4 is 11.9 Å². The van der Waals surface area contributed by atoms with Crippen LogP contribution in [-0.2, 0) is 9.59 Å². The Kier molecular flexibility index (Phi) is 5.38. The lowest BCUT2D eigenvalue weighted by atomic mass is 9.72. The number of hydrogen-bond acceptors (Lipinski definition) is 2. The van der Waals surface area contributed by atoms with Crippen LogP contribution in [0.1, 0.15) is 44.9 Å². The number of carbonyl (C=O) groups is 2. The van der Waals surface area contributed by atoms with Crippen LogP contribution in [0.25, 0.3) is 0 Å². The minimum Gasteiger partial charge on any atom is -0.481 e. The Labute approximate surface area is 109 Å². The third-order valence-corrected chi connectivity index (χ3v) is 3.58. The molecule has 1 aliphatic rings. The molecule has 0 aromatic heterocycles. The highest BCUT2D eigenvalue weighted by molar-refractivity contribution is 5.76. The van der Waals surface area contributed by atoms with Crippen molar-refractivity contribution in [2.75, 3.05) is 14.1 Å². The van der Waals surface area contributed by atoms with Crippen LogP contribution in [0.3, 0.4) is 0 Å². The number of carbonyl (C=O) groups excluding carboxylic acids is 1. The zero-order valence-corrected chi connectivity index (χ0v) is 11.3. The lowest BCUT2D eigenvalue weighted by molar-refractivity contribution is -0.137. The highest BCUT2D eigenvalue weighted by Crippen LogP contribution is 2.39. The van der Waals surface area contributed by atoms with Crippen LogP contribution in [0.4, 0.5) is 0 Å². The molecule has 18 heavy (non-hydrogen) atoms. The maximum Gasteiger partial charge on any atom is 0.303 e. The number of carboxylic acid groups (broad SMARTS) is 1. The molecule has 4 nitrogen and oxygen atoms in total. The summed E-state index contributed by atoms with van der Waals surface area (Å²) < 4.78 is 0. The number of aliphatic carboxylic acids is 1. The van der Waals surface area contributed by atoms with Crippen molar-refractivity contribution in [3.63, 3.8) is 0 Å². The molecule has 0 heterocycles. The Morgan fingerprint density at radius 3 is 2.61 bits per heavy atom. The van der Waals surface area contributed by atoms with E-state index in [0.29, 0.717) is 12.8 Å². The number of carboxylic acids is 1. The predicted molar refractivity (Wildman–Crippen MR) is 70.2 cm³/mol. The molecule has 0 aromatic carbocycles. The number of rotatable bonds is 6. The number of allylic oxidation sites excluding steroid dienone is 2. The fourth-order valence-corrected chi connectivity index (χ4v) is 2.48. The van der Waals surface area contributed by atoms with E-state index in [1.165, 1.54) is 0 Å². The highest BCUT2D eigenvalue weighted by atomic mass is 16.4. The molecule has 0 saturated carbocycles. The van der Waals surface area contributed by atoms with Crippen molar-refractivity contribution in [1.82, 2.24) is 4.90 Å². The topological polar surface area (TPSA) is 57.6 Å². The first-order valence-electron chi connectivity index (χ1n) is 6.55. The Hall–Kier alpha value is -1.32. The van der Waals surface area contributed by atoms with E-state index in [1.54, 1.807) is 19.0 Å². The number of amides is 1. The third-order valence-electron chi connectivity index (χ3n) is 3.58. The zero-order valence-electron chi connectivity index (χ0n) is 11.3. The van der Waals surface area contributed by atoms with E-state index in [4.69, 9.17) is 5.11 Å². The van der Waals surface area contributed by atoms with E-state index in [9.17, 15) is 9.59 Å². The molecule has 0 aliphatic heterocycles. The smallest absolute Gasteiger partial charge is 0.303 e. The maximum absolute atomic E-state index is 11.9. The fraction of sp³-hybridized carbons (Fsp3) is 0.714. The van der Waals surface area contributed by atoms with Crippen LogP contribution in [0, 0.1) is 5.41 Å². The lowest BCUT2D eigenvalue weighted by Crippen LogP contribution is -2.31. The lowest BCUT2D eigenvalue weighted by Gasteiger charge is -2.33. The summed E-state index contributed by atoms with van der Waals surface area (Å²) in [5, 5.41) is 8.70. The summed E-state index contributed by atoms with van der Waals surface area (Å²) >= 11 is 0. The summed E-state index contributed by atoms with van der Waals surface area (Å²) in [5.74, 6) is -0.638. The van der Waals surface area contributed by atoms with Crippen LogP contribution in [0.5, 0.6) is 0 Å². The fourth-order valence-electron chi connectivity index (χ4n) is 2.48. The van der Waals surface area contributed by atoms with Crippen molar-refractivity contribution in [2.45, 2.75) is 44.9 Å². The van der Waals surface area contributed by atoms with E-state index < -0.39 is 5.97 Å². The van der Waals surface area contributed by atoms with Gasteiger partial charge in [0, 0.05) is 26.9 Å². The van der Waals surface area contributed by atoms with Gasteiger partial charge in [0.1, 0.15) is 0 Å². The maximum atomic E-state index is 11.9. The minimum atomic E-state index is -0.760. The minimum absolute atomic E-state index is 0.116. The second kappa shape index (κ2) is 6.57. The van der Waals surface area contributed by atoms with Crippen molar-refractivity contribution in [2.24, 2.45) is 5.41 Å². The van der Waals surface area contributed by atoms with Gasteiger partial charge in [0.2, 0.25) is 5.91 Å². The number of nitrogens with zero attached hydrogens (tertiary/aromatic N) is 1. The first-order chi connectivity index (χ1) is 8.45. The molecule has 0 radical (unpaired) electrons. The van der Waals surface area contributed by atoms with Crippen molar-refractivity contribution in [3.8, 4) is 0 Å². The van der Waals surface area contributed by atoms with E-state index in [2.05, 4.69) is 12.2 Å². The molecule has 0 fully saturated rings. The largest absolute Gasteiger partial charge is 0.481 e. The Morgan fingerprint density at radius 1 is 1.39 bits per heavy atom. The first-order valence-corrected chi connectivity index (χ1v) is 6.55. The van der Waals surface area contributed by atoms with Gasteiger partial charge < -0.3 is 10.0 Å². The van der Waals surface area contributed by atoms with E-state index >= 15 is 0 Å². The molecule has 0 saturated heterocycles. The molecular weight excluding hydrogens is 230 g/mol. The van der Waals surface area contributed by atoms with Crippen LogP contribution in [0.15, 0.2) is 12.2 Å². The van der Waals surface area contributed by atoms with Gasteiger partial charge in [-0.2, -0.15) is 0 Å². The highest BCUT2D eigenvalue weighted by Gasteiger charge is 2.31. The van der Waals surface area contributed by atoms with Crippen LogP contribution < -0.4 is 0 Å². The van der Waals surface area contributed by atoms with Gasteiger partial charge in [0.15, 0.2) is 0 Å². The van der Waals surface area contributed by atoms with Gasteiger partial charge >= 0.3 is 5.97 Å². The summed E-state index contributed by atoms with van der Waals surface area (Å²) in [6.07, 6.45) is 9.52. The third kappa shape index (κ3) is 4.51. The van der Waals surface area contributed by atoms with Gasteiger partial charge in [-0.05, 0) is 37.5 Å². The molecule has 1 atom stereocenters. The summed E-state index contributed by atoms with van der Waals surface area (Å²) in [7, 11) is 3.53. The van der Waals surface area contributed by atoms with Crippen LogP contribution in [-0.4, -0.2) is 36.0 Å². The Balaban J connectivity index is 2.63. The SMILES string of the molecule is CN(C)C(=O)C[C@]1(CCCC(=O)O)C=CCCC1. The Bertz CT molecular complexity index is 336. The van der Waals surface area contributed by atoms with Gasteiger partial charge in [-0.1, -0.05) is 12.2 Å². The molecule has 0 aromatic rings. The van der Waals surface area contributed by atoms with Crippen molar-refractivity contribution < 1.29 is 14.7 Å². The molecule has 1 amide bonds. The Morgan fingerprint density at radius 2 is 2.11 bits per heavy atom. The standard InChI is InChI=1S/C14H23NO3/c1-15(2)12(16)11-14(8-4-3-5-9-14)10-6-7-13(17)18/h4,8H,3,5-7,9-11H2,1-2H3,(H,17,18)/t14-/m1/s1. The normalized spacial score (nSPS) is 22.8. The summed E-state index contributed by atoms with van der Waals surface area (Å²) in [6, 6.07) is 0. The molecule has 1 aliphatic carbocycles. The van der Waals surface area contributed by atoms with Crippen molar-refractivity contribution in [1.29, 1.82) is 0 Å². The summed E-state index contributed by atoms with van der Waals surface area (Å²) in [4.78, 5) is 24.1. The molecule has 0 spiro atoms. The molecule has 0 bridgehead atoms. The van der Waals surface area contributed by atoms with E-state index in [1.807, 2.05) is 0 Å². The molecule has 102 valence electrons. The van der Waals surface area contributed by atoms with Crippen LogP contribution >= 0.6 is 0 Å². The first kappa shape index (κ1) is 14.7. The second-order valence-electron chi connectivity index (χ2n) is 5.37. The summed E-state index contributed by atoms with van der Waals surface area (Å²) in [5.41, 5.74) is -0.116. The van der Waals surface area contributed by atoms with Crippen LogP contribution in [0.2, 0.25) is 0 Å². The quantitative estimate of drug-likeness (QED) is 0.740. The second-order valence-corrected chi connectivity index (χ2v) is 5.37. The molecule has 1 rings (SSSR count). The molecule has 0 unspecified atom stereocenters.